The maximum Gasteiger partial charge on any atom is 0.329 e. The summed E-state index contributed by atoms with van der Waals surface area (Å²) < 4.78 is 11.4. The molecule has 278 valence electrons. The number of hydrogen-bond donors (Lipinski definition) is 6. The fraction of sp³-hybridized carbons (Fsp3) is 0.459. The van der Waals surface area contributed by atoms with E-state index in [9.17, 15) is 38.3 Å². The number of rotatable bonds is 15. The summed E-state index contributed by atoms with van der Waals surface area (Å²) >= 11 is 0. The van der Waals surface area contributed by atoms with Gasteiger partial charge in [0.15, 0.2) is 0 Å². The lowest BCUT2D eigenvalue weighted by Gasteiger charge is -2.36. The van der Waals surface area contributed by atoms with Gasteiger partial charge in [-0.2, -0.15) is 0 Å². The third kappa shape index (κ3) is 10.9. The lowest BCUT2D eigenvalue weighted by molar-refractivity contribution is -0.145. The standard InChI is InChI=1S/C37H47N6O8P/c1-24(44)17-28(18-25-11-13-27(14-12-25)22-52(49,50)51)34(45)41-31-10-6-5-9-30-15-16-33(43(30)37(31)48)36(47)42-32(19-29-21-38-23-40-29)35(46)39-20-26-7-3-2-4-8-26/h2-4,7-8,11-14,21,23,28,30-33H,5-6,9-10,15-20,22H2,1H3,(H,38,40)(H,39,46)(H,41,45)(H,42,47)(H2,49,50,51)/t28-,30-,31-,32-,33-/m0/s1. The highest BCUT2D eigenvalue weighted by Gasteiger charge is 2.45. The molecule has 0 spiro atoms. The lowest BCUT2D eigenvalue weighted by atomic mass is 9.92. The van der Waals surface area contributed by atoms with E-state index in [-0.39, 0.29) is 49.4 Å². The normalized spacial score (nSPS) is 20.2. The van der Waals surface area contributed by atoms with Crippen LogP contribution >= 0.6 is 7.60 Å². The first-order chi connectivity index (χ1) is 24.9. The van der Waals surface area contributed by atoms with E-state index in [0.717, 1.165) is 18.4 Å². The van der Waals surface area contributed by atoms with Crippen LogP contribution in [0.15, 0.2) is 67.1 Å². The Morgan fingerprint density at radius 3 is 2.31 bits per heavy atom. The van der Waals surface area contributed by atoms with Gasteiger partial charge in [-0.3, -0.25) is 23.7 Å². The molecule has 2 aliphatic heterocycles. The van der Waals surface area contributed by atoms with Gasteiger partial charge in [0.25, 0.3) is 0 Å². The summed E-state index contributed by atoms with van der Waals surface area (Å²) in [7, 11) is -4.25. The lowest BCUT2D eigenvalue weighted by Crippen LogP contribution is -2.59. The second-order valence-electron chi connectivity index (χ2n) is 13.8. The zero-order valence-corrected chi connectivity index (χ0v) is 30.1. The van der Waals surface area contributed by atoms with Crippen LogP contribution in [0.1, 0.15) is 74.3 Å². The van der Waals surface area contributed by atoms with Crippen molar-refractivity contribution in [2.24, 2.45) is 5.92 Å². The average Bonchev–Trinajstić information content (AvgIpc) is 3.77. The fourth-order valence-corrected chi connectivity index (χ4v) is 7.81. The van der Waals surface area contributed by atoms with Crippen molar-refractivity contribution in [3.8, 4) is 0 Å². The Hall–Kier alpha value is -4.65. The number of aromatic amines is 1. The van der Waals surface area contributed by atoms with Crippen LogP contribution in [0.5, 0.6) is 0 Å². The van der Waals surface area contributed by atoms with Crippen LogP contribution in [-0.2, 0) is 54.1 Å². The number of aromatic nitrogens is 2. The van der Waals surface area contributed by atoms with Gasteiger partial charge in [-0.15, -0.1) is 0 Å². The van der Waals surface area contributed by atoms with Crippen molar-refractivity contribution in [3.63, 3.8) is 0 Å². The number of benzene rings is 2. The number of H-pyrrole nitrogens is 1. The summed E-state index contributed by atoms with van der Waals surface area (Å²) in [6.07, 6.45) is 6.59. The van der Waals surface area contributed by atoms with E-state index in [1.54, 1.807) is 35.4 Å². The van der Waals surface area contributed by atoms with Gasteiger partial charge in [-0.05, 0) is 55.7 Å². The molecule has 0 aliphatic carbocycles. The van der Waals surface area contributed by atoms with Gasteiger partial charge in [0.1, 0.15) is 23.9 Å². The third-order valence-electron chi connectivity index (χ3n) is 9.67. The number of nitrogens with zero attached hydrogens (tertiary/aromatic N) is 2. The van der Waals surface area contributed by atoms with E-state index >= 15 is 0 Å². The largest absolute Gasteiger partial charge is 0.350 e. The molecule has 0 radical (unpaired) electrons. The number of hydrogen-bond acceptors (Lipinski definition) is 7. The summed E-state index contributed by atoms with van der Waals surface area (Å²) in [6, 6.07) is 13.1. The monoisotopic (exact) mass is 734 g/mol. The SMILES string of the molecule is CC(=O)C[C@@H](Cc1ccc(CP(=O)(O)O)cc1)C(=O)N[C@H]1CCCC[C@H]2CC[C@@H](C(=O)N[C@@H](Cc3cnc[nH]3)C(=O)NCc3ccccc3)N2C1=O. The zero-order valence-electron chi connectivity index (χ0n) is 29.2. The molecule has 2 fully saturated rings. The first kappa shape index (κ1) is 38.6. The number of imidazole rings is 1. The van der Waals surface area contributed by atoms with E-state index < -0.39 is 49.6 Å². The van der Waals surface area contributed by atoms with E-state index in [1.807, 2.05) is 30.3 Å². The summed E-state index contributed by atoms with van der Waals surface area (Å²) in [6.45, 7) is 1.67. The van der Waals surface area contributed by atoms with Crippen molar-refractivity contribution in [2.45, 2.75) is 102 Å². The molecule has 52 heavy (non-hydrogen) atoms. The molecule has 5 atom stereocenters. The van der Waals surface area contributed by atoms with Crippen LogP contribution in [0.3, 0.4) is 0 Å². The summed E-state index contributed by atoms with van der Waals surface area (Å²) in [4.78, 5) is 94.7. The van der Waals surface area contributed by atoms with Crippen LogP contribution in [0.4, 0.5) is 0 Å². The van der Waals surface area contributed by atoms with Crippen molar-refractivity contribution in [2.75, 3.05) is 0 Å². The minimum Gasteiger partial charge on any atom is -0.350 e. The minimum atomic E-state index is -4.25. The molecule has 3 heterocycles. The first-order valence-electron chi connectivity index (χ1n) is 17.7. The van der Waals surface area contributed by atoms with E-state index in [1.165, 1.54) is 13.3 Å². The highest BCUT2D eigenvalue weighted by atomic mass is 31.2. The van der Waals surface area contributed by atoms with Gasteiger partial charge in [0.05, 0.1) is 12.5 Å². The Bertz CT molecular complexity index is 1750. The number of amides is 4. The van der Waals surface area contributed by atoms with Crippen molar-refractivity contribution in [3.05, 3.63) is 89.5 Å². The molecule has 2 saturated heterocycles. The van der Waals surface area contributed by atoms with Crippen LogP contribution in [0, 0.1) is 5.92 Å². The molecule has 1 aromatic heterocycles. The van der Waals surface area contributed by atoms with Crippen molar-refractivity contribution in [1.29, 1.82) is 0 Å². The smallest absolute Gasteiger partial charge is 0.329 e. The summed E-state index contributed by atoms with van der Waals surface area (Å²) in [5.74, 6) is -2.63. The Morgan fingerprint density at radius 2 is 1.63 bits per heavy atom. The van der Waals surface area contributed by atoms with Crippen molar-refractivity contribution < 1.29 is 38.3 Å². The molecule has 0 unspecified atom stereocenters. The van der Waals surface area contributed by atoms with Gasteiger partial charge >= 0.3 is 7.60 Å². The molecule has 2 aromatic carbocycles. The summed E-state index contributed by atoms with van der Waals surface area (Å²) in [5, 5.41) is 8.71. The second kappa shape index (κ2) is 17.7. The molecule has 5 rings (SSSR count). The number of carbonyl (C=O) groups is 5. The van der Waals surface area contributed by atoms with Gasteiger partial charge in [0, 0.05) is 43.2 Å². The molecule has 15 heteroatoms. The predicted octanol–water partition coefficient (Wildman–Crippen LogP) is 2.69. The molecular formula is C37H47N6O8P. The van der Waals surface area contributed by atoms with Crippen molar-refractivity contribution >= 4 is 37.0 Å². The number of nitrogens with one attached hydrogen (secondary N) is 4. The molecule has 0 saturated carbocycles. The van der Waals surface area contributed by atoms with Crippen LogP contribution in [0.25, 0.3) is 0 Å². The van der Waals surface area contributed by atoms with Gasteiger partial charge in [-0.1, -0.05) is 67.4 Å². The highest BCUT2D eigenvalue weighted by molar-refractivity contribution is 7.50. The Balaban J connectivity index is 1.28. The molecule has 3 aromatic rings. The zero-order chi connectivity index (χ0) is 37.3. The minimum absolute atomic E-state index is 0.0571. The average molecular weight is 735 g/mol. The predicted molar refractivity (Wildman–Crippen MR) is 191 cm³/mol. The van der Waals surface area contributed by atoms with E-state index in [2.05, 4.69) is 25.9 Å². The number of fused-ring (bicyclic) bond motifs is 1. The topological polar surface area (TPSA) is 211 Å². The van der Waals surface area contributed by atoms with Gasteiger partial charge in [-0.25, -0.2) is 4.98 Å². The highest BCUT2D eigenvalue weighted by Crippen LogP contribution is 2.39. The summed E-state index contributed by atoms with van der Waals surface area (Å²) in [5.41, 5.74) is 2.71. The number of ketones is 1. The first-order valence-corrected chi connectivity index (χ1v) is 19.5. The Labute approximate surface area is 302 Å². The second-order valence-corrected chi connectivity index (χ2v) is 15.5. The maximum atomic E-state index is 14.2. The molecular weight excluding hydrogens is 687 g/mol. The van der Waals surface area contributed by atoms with Crippen LogP contribution in [-0.4, -0.2) is 78.2 Å². The number of carbonyl (C=O) groups excluding carboxylic acids is 5. The third-order valence-corrected chi connectivity index (χ3v) is 10.5. The Kier molecular flexibility index (Phi) is 13.1. The quantitative estimate of drug-likeness (QED) is 0.127. The van der Waals surface area contributed by atoms with Crippen LogP contribution in [0.2, 0.25) is 0 Å². The van der Waals surface area contributed by atoms with Gasteiger partial charge in [0.2, 0.25) is 23.6 Å². The fourth-order valence-electron chi connectivity index (χ4n) is 7.12. The molecule has 2 aliphatic rings. The van der Waals surface area contributed by atoms with Crippen molar-refractivity contribution in [1.82, 2.24) is 30.8 Å². The molecule has 4 amide bonds. The van der Waals surface area contributed by atoms with Crippen LogP contribution < -0.4 is 16.0 Å². The molecule has 0 bridgehead atoms. The molecule has 6 N–H and O–H groups in total. The maximum absolute atomic E-state index is 14.2. The van der Waals surface area contributed by atoms with Gasteiger partial charge < -0.3 is 40.4 Å². The molecule has 14 nitrogen and oxygen atoms in total. The van der Waals surface area contributed by atoms with E-state index in [4.69, 9.17) is 0 Å². The Morgan fingerprint density at radius 1 is 0.923 bits per heavy atom. The number of Topliss-reactive ketones (excluding diaryl/α,β-unsaturated/α-hetero) is 1. The van der Waals surface area contributed by atoms with E-state index in [0.29, 0.717) is 42.5 Å².